The molecule has 0 radical (unpaired) electrons. The first-order valence-electron chi connectivity index (χ1n) is 9.99. The van der Waals surface area contributed by atoms with Crippen molar-refractivity contribution in [2.45, 2.75) is 20.0 Å². The molecule has 1 amide bonds. The summed E-state index contributed by atoms with van der Waals surface area (Å²) in [5, 5.41) is 5.27. The molecule has 0 spiro atoms. The van der Waals surface area contributed by atoms with Gasteiger partial charge in [0.05, 0.1) is 23.9 Å². The van der Waals surface area contributed by atoms with Gasteiger partial charge in [0.15, 0.2) is 16.5 Å². The van der Waals surface area contributed by atoms with Crippen molar-refractivity contribution >= 4 is 45.6 Å². The maximum absolute atomic E-state index is 12.4. The number of methoxy groups -OCH3 is 1. The molecule has 0 aliphatic carbocycles. The van der Waals surface area contributed by atoms with Gasteiger partial charge in [-0.25, -0.2) is 4.98 Å². The molecular formula is C24H22ClN3O3S. The first-order valence-corrected chi connectivity index (χ1v) is 11.2. The van der Waals surface area contributed by atoms with E-state index in [0.29, 0.717) is 22.2 Å². The highest BCUT2D eigenvalue weighted by Gasteiger charge is 2.13. The molecule has 8 heteroatoms. The smallest absolute Gasteiger partial charge is 0.248 e. The van der Waals surface area contributed by atoms with Gasteiger partial charge in [-0.05, 0) is 49.8 Å². The Hall–Kier alpha value is -3.29. The van der Waals surface area contributed by atoms with E-state index in [4.69, 9.17) is 21.1 Å². The maximum atomic E-state index is 12.4. The Morgan fingerprint density at radius 1 is 1.25 bits per heavy atom. The number of carbonyl (C=O) groups is 1. The highest BCUT2D eigenvalue weighted by atomic mass is 35.5. The molecule has 4 rings (SSSR count). The van der Waals surface area contributed by atoms with E-state index >= 15 is 0 Å². The number of aromatic nitrogens is 2. The van der Waals surface area contributed by atoms with Crippen LogP contribution in [0.1, 0.15) is 19.4 Å². The fourth-order valence-corrected chi connectivity index (χ4v) is 4.10. The van der Waals surface area contributed by atoms with Gasteiger partial charge >= 0.3 is 0 Å². The molecule has 0 unspecified atom stereocenters. The van der Waals surface area contributed by atoms with Gasteiger partial charge in [-0.15, -0.1) is 11.3 Å². The molecule has 0 aliphatic rings. The summed E-state index contributed by atoms with van der Waals surface area (Å²) in [5.41, 5.74) is 3.30. The van der Waals surface area contributed by atoms with Gasteiger partial charge in [0.1, 0.15) is 0 Å². The lowest BCUT2D eigenvalue weighted by Gasteiger charge is -2.15. The van der Waals surface area contributed by atoms with Crippen molar-refractivity contribution in [3.05, 3.63) is 70.8 Å². The number of nitrogens with one attached hydrogen (secondary N) is 1. The molecule has 6 nitrogen and oxygen atoms in total. The van der Waals surface area contributed by atoms with Crippen LogP contribution in [-0.2, 0) is 4.79 Å². The number of halogens is 1. The van der Waals surface area contributed by atoms with Crippen LogP contribution in [0.4, 0.5) is 5.69 Å². The molecule has 1 N–H and O–H groups in total. The Morgan fingerprint density at radius 3 is 2.72 bits per heavy atom. The predicted octanol–water partition coefficient (Wildman–Crippen LogP) is 6.16. The average Bonchev–Trinajstić information content (AvgIpc) is 3.36. The third-order valence-electron chi connectivity index (χ3n) is 4.57. The number of benzene rings is 2. The van der Waals surface area contributed by atoms with Crippen LogP contribution in [0.15, 0.2) is 60.2 Å². The van der Waals surface area contributed by atoms with Gasteiger partial charge in [-0.3, -0.25) is 9.20 Å². The van der Waals surface area contributed by atoms with Crippen molar-refractivity contribution in [2.75, 3.05) is 12.4 Å². The van der Waals surface area contributed by atoms with Gasteiger partial charge in [-0.1, -0.05) is 23.7 Å². The number of imidazole rings is 1. The van der Waals surface area contributed by atoms with Gasteiger partial charge in [0, 0.05) is 35.1 Å². The minimum Gasteiger partial charge on any atom is -0.493 e. The van der Waals surface area contributed by atoms with Crippen molar-refractivity contribution in [1.82, 2.24) is 9.38 Å². The van der Waals surface area contributed by atoms with Crippen molar-refractivity contribution in [3.8, 4) is 22.8 Å². The summed E-state index contributed by atoms with van der Waals surface area (Å²) in [6.07, 6.45) is 7.05. The van der Waals surface area contributed by atoms with Crippen LogP contribution >= 0.6 is 22.9 Å². The minimum atomic E-state index is -0.252. The van der Waals surface area contributed by atoms with Crippen LogP contribution in [-0.4, -0.2) is 28.5 Å². The lowest BCUT2D eigenvalue weighted by atomic mass is 10.1. The Balaban J connectivity index is 1.43. The molecule has 0 saturated carbocycles. The molecule has 2 aromatic heterocycles. The zero-order valence-electron chi connectivity index (χ0n) is 17.8. The largest absolute Gasteiger partial charge is 0.493 e. The second-order valence-corrected chi connectivity index (χ2v) is 8.60. The molecule has 0 aliphatic heterocycles. The second-order valence-electron chi connectivity index (χ2n) is 7.32. The number of hydrogen-bond donors (Lipinski definition) is 1. The van der Waals surface area contributed by atoms with E-state index in [0.717, 1.165) is 21.8 Å². The second kappa shape index (κ2) is 9.46. The summed E-state index contributed by atoms with van der Waals surface area (Å²) >= 11 is 7.93. The SMILES string of the molecule is COc1cc(/C=C/C(=O)Nc2ccc(-c3cn4ccsc4n3)cc2)cc(Cl)c1OC(C)C. The van der Waals surface area contributed by atoms with E-state index in [1.54, 1.807) is 36.7 Å². The third-order valence-corrected chi connectivity index (χ3v) is 5.63. The lowest BCUT2D eigenvalue weighted by molar-refractivity contribution is -0.111. The van der Waals surface area contributed by atoms with Crippen LogP contribution in [0.2, 0.25) is 5.02 Å². The number of thiazole rings is 1. The van der Waals surface area contributed by atoms with Crippen molar-refractivity contribution in [2.24, 2.45) is 0 Å². The number of rotatable bonds is 7. The minimum absolute atomic E-state index is 0.0368. The number of amides is 1. The lowest BCUT2D eigenvalue weighted by Crippen LogP contribution is -2.08. The predicted molar refractivity (Wildman–Crippen MR) is 130 cm³/mol. The summed E-state index contributed by atoms with van der Waals surface area (Å²) in [7, 11) is 1.55. The Labute approximate surface area is 195 Å². The van der Waals surface area contributed by atoms with E-state index in [9.17, 15) is 4.79 Å². The van der Waals surface area contributed by atoms with Crippen LogP contribution in [0.25, 0.3) is 22.3 Å². The topological polar surface area (TPSA) is 64.9 Å². The first-order chi connectivity index (χ1) is 15.4. The molecule has 4 aromatic rings. The van der Waals surface area contributed by atoms with Gasteiger partial charge in [0.25, 0.3) is 0 Å². The highest BCUT2D eigenvalue weighted by molar-refractivity contribution is 7.15. The standard InChI is InChI=1S/C24H22ClN3O3S/c1-15(2)31-23-19(25)12-16(13-21(23)30-3)4-9-22(29)26-18-7-5-17(6-8-18)20-14-28-10-11-32-24(28)27-20/h4-15H,1-3H3,(H,26,29)/b9-4+. The van der Waals surface area contributed by atoms with Gasteiger partial charge in [-0.2, -0.15) is 0 Å². The molecule has 32 heavy (non-hydrogen) atoms. The normalized spacial score (nSPS) is 11.4. The summed E-state index contributed by atoms with van der Waals surface area (Å²) < 4.78 is 13.1. The number of anilines is 1. The van der Waals surface area contributed by atoms with E-state index in [1.165, 1.54) is 6.08 Å². The van der Waals surface area contributed by atoms with Crippen molar-refractivity contribution in [3.63, 3.8) is 0 Å². The maximum Gasteiger partial charge on any atom is 0.248 e. The summed E-state index contributed by atoms with van der Waals surface area (Å²) in [6.45, 7) is 3.83. The van der Waals surface area contributed by atoms with Crippen LogP contribution in [0, 0.1) is 0 Å². The molecule has 2 heterocycles. The van der Waals surface area contributed by atoms with Gasteiger partial charge < -0.3 is 14.8 Å². The molecule has 0 saturated heterocycles. The van der Waals surface area contributed by atoms with E-state index in [1.807, 2.05) is 60.3 Å². The number of ether oxygens (including phenoxy) is 2. The highest BCUT2D eigenvalue weighted by Crippen LogP contribution is 2.37. The molecular weight excluding hydrogens is 446 g/mol. The van der Waals surface area contributed by atoms with Crippen LogP contribution in [0.5, 0.6) is 11.5 Å². The summed E-state index contributed by atoms with van der Waals surface area (Å²) in [5.74, 6) is 0.752. The zero-order valence-corrected chi connectivity index (χ0v) is 19.4. The summed E-state index contributed by atoms with van der Waals surface area (Å²) in [4.78, 5) is 17.9. The molecule has 164 valence electrons. The third kappa shape index (κ3) is 4.95. The molecule has 0 atom stereocenters. The number of carbonyl (C=O) groups excluding carboxylic acids is 1. The fourth-order valence-electron chi connectivity index (χ4n) is 3.13. The van der Waals surface area contributed by atoms with Crippen molar-refractivity contribution in [1.29, 1.82) is 0 Å². The first kappa shape index (κ1) is 21.9. The van der Waals surface area contributed by atoms with Crippen LogP contribution < -0.4 is 14.8 Å². The Morgan fingerprint density at radius 2 is 2.03 bits per heavy atom. The van der Waals surface area contributed by atoms with E-state index in [-0.39, 0.29) is 12.0 Å². The molecule has 0 fully saturated rings. The number of hydrogen-bond acceptors (Lipinski definition) is 5. The van der Waals surface area contributed by atoms with Crippen LogP contribution in [0.3, 0.4) is 0 Å². The average molecular weight is 468 g/mol. The van der Waals surface area contributed by atoms with E-state index in [2.05, 4.69) is 10.3 Å². The molecule has 0 bridgehead atoms. The Bertz CT molecular complexity index is 1250. The quantitative estimate of drug-likeness (QED) is 0.330. The Kier molecular flexibility index (Phi) is 6.48. The summed E-state index contributed by atoms with van der Waals surface area (Å²) in [6, 6.07) is 11.1. The number of nitrogens with zero attached hydrogens (tertiary/aromatic N) is 2. The fraction of sp³-hybridized carbons (Fsp3) is 0.167. The number of fused-ring (bicyclic) bond motifs is 1. The van der Waals surface area contributed by atoms with Crippen molar-refractivity contribution < 1.29 is 14.3 Å². The monoisotopic (exact) mass is 467 g/mol. The van der Waals surface area contributed by atoms with Gasteiger partial charge in [0.2, 0.25) is 5.91 Å². The van der Waals surface area contributed by atoms with E-state index < -0.39 is 0 Å². The molecule has 2 aromatic carbocycles. The zero-order chi connectivity index (χ0) is 22.7.